The molecule has 0 saturated carbocycles. The topological polar surface area (TPSA) is 17.8 Å². The molecule has 11 heavy (non-hydrogen) atoms. The molecule has 56 valence electrons. The van der Waals surface area contributed by atoms with Crippen LogP contribution in [0.3, 0.4) is 0 Å². The van der Waals surface area contributed by atoms with Crippen molar-refractivity contribution in [3.05, 3.63) is 33.1 Å². The van der Waals surface area contributed by atoms with Crippen LogP contribution < -0.4 is 0 Å². The minimum atomic E-state index is 1.14. The molecule has 0 saturated heterocycles. The maximum absolute atomic E-state index is 4.04. The predicted molar refractivity (Wildman–Crippen MR) is 54.2 cm³/mol. The van der Waals surface area contributed by atoms with Crippen molar-refractivity contribution in [2.24, 2.45) is 0 Å². The van der Waals surface area contributed by atoms with Crippen LogP contribution >= 0.6 is 33.9 Å². The van der Waals surface area contributed by atoms with Crippen LogP contribution in [0.25, 0.3) is 5.69 Å². The van der Waals surface area contributed by atoms with Crippen LogP contribution in [-0.4, -0.2) is 9.55 Å². The second-order valence-electron chi connectivity index (χ2n) is 2.07. The molecule has 2 nitrogen and oxygen atoms in total. The van der Waals surface area contributed by atoms with E-state index >= 15 is 0 Å². The van der Waals surface area contributed by atoms with E-state index in [1.807, 2.05) is 12.5 Å². The minimum Gasteiger partial charge on any atom is -0.293 e. The highest BCUT2D eigenvalue weighted by molar-refractivity contribution is 14.1. The lowest BCUT2D eigenvalue weighted by molar-refractivity contribution is 1.04. The summed E-state index contributed by atoms with van der Waals surface area (Å²) in [6.07, 6.45) is 3.67. The van der Waals surface area contributed by atoms with Crippen molar-refractivity contribution >= 4 is 33.9 Å². The monoisotopic (exact) mass is 276 g/mol. The second kappa shape index (κ2) is 2.94. The summed E-state index contributed by atoms with van der Waals surface area (Å²) in [5.74, 6) is 0. The van der Waals surface area contributed by atoms with E-state index in [1.54, 1.807) is 11.3 Å². The fourth-order valence-electron chi connectivity index (χ4n) is 0.863. The van der Waals surface area contributed by atoms with Gasteiger partial charge in [0.2, 0.25) is 0 Å². The molecule has 4 heteroatoms. The molecule has 2 rings (SSSR count). The van der Waals surface area contributed by atoms with Crippen molar-refractivity contribution in [3.63, 3.8) is 0 Å². The zero-order chi connectivity index (χ0) is 7.68. The average Bonchev–Trinajstić information content (AvgIpc) is 2.55. The summed E-state index contributed by atoms with van der Waals surface area (Å²) >= 11 is 3.96. The lowest BCUT2D eigenvalue weighted by Crippen LogP contribution is -1.90. The van der Waals surface area contributed by atoms with Gasteiger partial charge < -0.3 is 0 Å². The number of imidazole rings is 1. The molecule has 0 bridgehead atoms. The first-order valence-corrected chi connectivity index (χ1v) is 5.10. The number of nitrogens with zero attached hydrogens (tertiary/aromatic N) is 2. The highest BCUT2D eigenvalue weighted by atomic mass is 127. The Labute approximate surface area is 82.0 Å². The Hall–Kier alpha value is -0.360. The van der Waals surface area contributed by atoms with E-state index in [-0.39, 0.29) is 0 Å². The van der Waals surface area contributed by atoms with Crippen LogP contribution in [0.15, 0.2) is 29.4 Å². The molecule has 0 atom stereocenters. The molecule has 2 aromatic heterocycles. The standard InChI is InChI=1S/C7H5IN2S/c8-7-3-9-5-10(7)6-1-2-11-4-6/h1-5H. The Kier molecular flexibility index (Phi) is 1.95. The summed E-state index contributed by atoms with van der Waals surface area (Å²) < 4.78 is 3.19. The van der Waals surface area contributed by atoms with Crippen molar-refractivity contribution in [3.8, 4) is 5.69 Å². The Morgan fingerprint density at radius 3 is 3.00 bits per heavy atom. The first kappa shape index (κ1) is 7.30. The Bertz CT molecular complexity index is 339. The zero-order valence-corrected chi connectivity index (χ0v) is 8.54. The van der Waals surface area contributed by atoms with E-state index in [9.17, 15) is 0 Å². The second-order valence-corrected chi connectivity index (χ2v) is 3.95. The third kappa shape index (κ3) is 1.32. The van der Waals surface area contributed by atoms with Gasteiger partial charge in [-0.05, 0) is 34.0 Å². The Morgan fingerprint density at radius 1 is 1.55 bits per heavy atom. The SMILES string of the molecule is Ic1cncn1-c1ccsc1. The molecule has 0 amide bonds. The van der Waals surface area contributed by atoms with Gasteiger partial charge in [-0.25, -0.2) is 4.98 Å². The first-order valence-electron chi connectivity index (χ1n) is 3.08. The van der Waals surface area contributed by atoms with Crippen LogP contribution in [-0.2, 0) is 0 Å². The molecule has 0 radical (unpaired) electrons. The first-order chi connectivity index (χ1) is 5.38. The molecule has 0 aliphatic heterocycles. The molecule has 0 aliphatic carbocycles. The summed E-state index contributed by atoms with van der Waals surface area (Å²) in [6, 6.07) is 2.08. The molecule has 0 fully saturated rings. The molecular weight excluding hydrogens is 271 g/mol. The van der Waals surface area contributed by atoms with Crippen molar-refractivity contribution in [1.29, 1.82) is 0 Å². The van der Waals surface area contributed by atoms with Crippen molar-refractivity contribution in [2.45, 2.75) is 0 Å². The van der Waals surface area contributed by atoms with E-state index in [2.05, 4.69) is 49.0 Å². The van der Waals surface area contributed by atoms with Gasteiger partial charge >= 0.3 is 0 Å². The quantitative estimate of drug-likeness (QED) is 0.732. The van der Waals surface area contributed by atoms with E-state index in [0.717, 1.165) is 3.70 Å². The van der Waals surface area contributed by atoms with Gasteiger partial charge in [-0.15, -0.1) is 0 Å². The van der Waals surface area contributed by atoms with Crippen LogP contribution in [0, 0.1) is 3.70 Å². The van der Waals surface area contributed by atoms with Gasteiger partial charge in [0.05, 0.1) is 11.9 Å². The van der Waals surface area contributed by atoms with Crippen molar-refractivity contribution in [2.75, 3.05) is 0 Å². The molecule has 2 heterocycles. The average molecular weight is 276 g/mol. The number of hydrogen-bond acceptors (Lipinski definition) is 2. The highest BCUT2D eigenvalue weighted by Crippen LogP contribution is 2.15. The molecule has 0 aliphatic rings. The van der Waals surface area contributed by atoms with Gasteiger partial charge in [0, 0.05) is 5.38 Å². The lowest BCUT2D eigenvalue weighted by Gasteiger charge is -1.97. The number of aromatic nitrogens is 2. The van der Waals surface area contributed by atoms with Crippen LogP contribution in [0.1, 0.15) is 0 Å². The number of thiophene rings is 1. The molecule has 0 unspecified atom stereocenters. The Balaban J connectivity index is 2.53. The summed E-state index contributed by atoms with van der Waals surface area (Å²) in [7, 11) is 0. The van der Waals surface area contributed by atoms with Crippen LogP contribution in [0.4, 0.5) is 0 Å². The summed E-state index contributed by atoms with van der Waals surface area (Å²) in [6.45, 7) is 0. The van der Waals surface area contributed by atoms with Gasteiger partial charge in [-0.3, -0.25) is 4.57 Å². The number of halogens is 1. The van der Waals surface area contributed by atoms with Gasteiger partial charge in [-0.1, -0.05) is 0 Å². The van der Waals surface area contributed by atoms with E-state index in [0.29, 0.717) is 0 Å². The lowest BCUT2D eigenvalue weighted by atomic mass is 10.5. The maximum Gasteiger partial charge on any atom is 0.104 e. The van der Waals surface area contributed by atoms with Crippen molar-refractivity contribution in [1.82, 2.24) is 9.55 Å². The van der Waals surface area contributed by atoms with Crippen LogP contribution in [0.5, 0.6) is 0 Å². The van der Waals surface area contributed by atoms with Crippen molar-refractivity contribution < 1.29 is 0 Å². The number of hydrogen-bond donors (Lipinski definition) is 0. The number of rotatable bonds is 1. The van der Waals surface area contributed by atoms with E-state index < -0.39 is 0 Å². The molecular formula is C7H5IN2S. The minimum absolute atomic E-state index is 1.14. The van der Waals surface area contributed by atoms with Gasteiger partial charge in [0.15, 0.2) is 0 Å². The largest absolute Gasteiger partial charge is 0.293 e. The van der Waals surface area contributed by atoms with Crippen LogP contribution in [0.2, 0.25) is 0 Å². The molecule has 0 N–H and O–H groups in total. The Morgan fingerprint density at radius 2 is 2.45 bits per heavy atom. The normalized spacial score (nSPS) is 10.3. The fourth-order valence-corrected chi connectivity index (χ4v) is 2.06. The molecule has 2 aromatic rings. The summed E-state index contributed by atoms with van der Waals surface area (Å²) in [4.78, 5) is 4.04. The van der Waals surface area contributed by atoms with E-state index in [1.165, 1.54) is 5.69 Å². The molecule has 0 aromatic carbocycles. The van der Waals surface area contributed by atoms with Gasteiger partial charge in [0.1, 0.15) is 10.0 Å². The van der Waals surface area contributed by atoms with E-state index in [4.69, 9.17) is 0 Å². The maximum atomic E-state index is 4.04. The third-order valence-electron chi connectivity index (χ3n) is 1.38. The molecule has 0 spiro atoms. The zero-order valence-electron chi connectivity index (χ0n) is 5.57. The predicted octanol–water partition coefficient (Wildman–Crippen LogP) is 2.54. The fraction of sp³-hybridized carbons (Fsp3) is 0. The highest BCUT2D eigenvalue weighted by Gasteiger charge is 1.99. The summed E-state index contributed by atoms with van der Waals surface area (Å²) in [5, 5.41) is 4.16. The van der Waals surface area contributed by atoms with Gasteiger partial charge in [0.25, 0.3) is 0 Å². The third-order valence-corrected chi connectivity index (χ3v) is 2.85. The van der Waals surface area contributed by atoms with Gasteiger partial charge in [-0.2, -0.15) is 11.3 Å². The summed E-state index contributed by atoms with van der Waals surface area (Å²) in [5.41, 5.74) is 1.19. The smallest absolute Gasteiger partial charge is 0.104 e.